The van der Waals surface area contributed by atoms with Gasteiger partial charge in [0.15, 0.2) is 5.78 Å². The van der Waals surface area contributed by atoms with E-state index in [2.05, 4.69) is 0 Å². The number of ketones is 1. The minimum absolute atomic E-state index is 0.107. The molecule has 0 unspecified atom stereocenters. The summed E-state index contributed by atoms with van der Waals surface area (Å²) in [5.74, 6) is 0.107. The van der Waals surface area contributed by atoms with Gasteiger partial charge in [0.25, 0.3) is 0 Å². The maximum absolute atomic E-state index is 12.1. The Bertz CT molecular complexity index is 539. The first-order valence-corrected chi connectivity index (χ1v) is 5.89. The van der Waals surface area contributed by atoms with E-state index >= 15 is 0 Å². The zero-order valence-corrected chi connectivity index (χ0v) is 9.01. The number of carbonyl (C=O) groups excluding carboxylic acids is 1. The molecular formula is C12H11NOS. The van der Waals surface area contributed by atoms with Crippen LogP contribution < -0.4 is 5.73 Å². The molecule has 15 heavy (non-hydrogen) atoms. The van der Waals surface area contributed by atoms with Gasteiger partial charge in [0.1, 0.15) is 0 Å². The molecule has 0 radical (unpaired) electrons. The van der Waals surface area contributed by atoms with Crippen molar-refractivity contribution in [1.29, 1.82) is 0 Å². The Morgan fingerprint density at radius 1 is 1.33 bits per heavy atom. The van der Waals surface area contributed by atoms with Gasteiger partial charge in [-0.05, 0) is 35.7 Å². The van der Waals surface area contributed by atoms with Gasteiger partial charge in [-0.3, -0.25) is 4.79 Å². The molecule has 2 nitrogen and oxygen atoms in total. The molecule has 2 N–H and O–H groups in total. The fraction of sp³-hybridized carbons (Fsp3) is 0.250. The highest BCUT2D eigenvalue weighted by Gasteiger charge is 2.46. The van der Waals surface area contributed by atoms with Crippen molar-refractivity contribution in [3.8, 4) is 0 Å². The van der Waals surface area contributed by atoms with E-state index in [-0.39, 0.29) is 5.78 Å². The summed E-state index contributed by atoms with van der Waals surface area (Å²) in [6, 6.07) is 7.87. The van der Waals surface area contributed by atoms with Crippen LogP contribution in [-0.2, 0) is 0 Å². The van der Waals surface area contributed by atoms with Gasteiger partial charge in [0, 0.05) is 10.3 Å². The number of rotatable bonds is 2. The third-order valence-corrected chi connectivity index (χ3v) is 3.93. The van der Waals surface area contributed by atoms with E-state index in [1.54, 1.807) is 11.3 Å². The second-order valence-corrected chi connectivity index (χ2v) is 5.05. The molecule has 3 heteroatoms. The second kappa shape index (κ2) is 2.90. The van der Waals surface area contributed by atoms with Crippen LogP contribution in [0.15, 0.2) is 29.6 Å². The lowest BCUT2D eigenvalue weighted by Gasteiger charge is -2.07. The Hall–Kier alpha value is -1.19. The van der Waals surface area contributed by atoms with Gasteiger partial charge < -0.3 is 5.73 Å². The van der Waals surface area contributed by atoms with Crippen LogP contribution in [0.3, 0.4) is 0 Å². The largest absolute Gasteiger partial charge is 0.319 e. The lowest BCUT2D eigenvalue weighted by molar-refractivity contribution is 0.0951. The Morgan fingerprint density at radius 3 is 2.87 bits per heavy atom. The summed E-state index contributed by atoms with van der Waals surface area (Å²) in [5.41, 5.74) is 6.17. The summed E-state index contributed by atoms with van der Waals surface area (Å²) >= 11 is 1.61. The van der Waals surface area contributed by atoms with E-state index in [0.717, 1.165) is 28.5 Å². The normalized spacial score (nSPS) is 17.9. The van der Waals surface area contributed by atoms with E-state index in [1.807, 2.05) is 29.6 Å². The minimum atomic E-state index is -0.557. The van der Waals surface area contributed by atoms with Crippen molar-refractivity contribution in [2.45, 2.75) is 18.4 Å². The summed E-state index contributed by atoms with van der Waals surface area (Å²) in [6.07, 6.45) is 1.65. The highest BCUT2D eigenvalue weighted by molar-refractivity contribution is 7.17. The average Bonchev–Trinajstić information content (AvgIpc) is 2.82. The molecule has 1 aliphatic carbocycles. The molecule has 2 aromatic rings. The Balaban J connectivity index is 2.18. The van der Waals surface area contributed by atoms with E-state index in [1.165, 1.54) is 0 Å². The molecule has 3 rings (SSSR count). The van der Waals surface area contributed by atoms with E-state index < -0.39 is 5.54 Å². The minimum Gasteiger partial charge on any atom is -0.319 e. The van der Waals surface area contributed by atoms with Crippen molar-refractivity contribution in [3.05, 3.63) is 35.2 Å². The monoisotopic (exact) mass is 217 g/mol. The van der Waals surface area contributed by atoms with Gasteiger partial charge in [-0.15, -0.1) is 11.3 Å². The average molecular weight is 217 g/mol. The van der Waals surface area contributed by atoms with Crippen molar-refractivity contribution in [3.63, 3.8) is 0 Å². The van der Waals surface area contributed by atoms with Gasteiger partial charge >= 0.3 is 0 Å². The number of benzene rings is 1. The lowest BCUT2D eigenvalue weighted by Crippen LogP contribution is -2.32. The summed E-state index contributed by atoms with van der Waals surface area (Å²) in [5, 5.41) is 3.15. The molecule has 0 saturated heterocycles. The third kappa shape index (κ3) is 1.31. The van der Waals surface area contributed by atoms with Crippen LogP contribution in [0.4, 0.5) is 0 Å². The standard InChI is InChI=1S/C12H11NOS/c13-12(5-6-12)11(14)9-3-1-2-8-4-7-15-10(8)9/h1-4,7H,5-6,13H2. The molecule has 1 heterocycles. The number of thiophene rings is 1. The fourth-order valence-electron chi connectivity index (χ4n) is 1.80. The first-order chi connectivity index (χ1) is 7.21. The van der Waals surface area contributed by atoms with Gasteiger partial charge in [0.2, 0.25) is 0 Å². The Morgan fingerprint density at radius 2 is 2.13 bits per heavy atom. The molecule has 1 aromatic heterocycles. The zero-order chi connectivity index (χ0) is 10.5. The highest BCUT2D eigenvalue weighted by atomic mass is 32.1. The predicted octanol–water partition coefficient (Wildman–Crippen LogP) is 2.58. The van der Waals surface area contributed by atoms with E-state index in [4.69, 9.17) is 5.73 Å². The van der Waals surface area contributed by atoms with Gasteiger partial charge in [0.05, 0.1) is 5.54 Å². The van der Waals surface area contributed by atoms with Crippen molar-refractivity contribution < 1.29 is 4.79 Å². The van der Waals surface area contributed by atoms with Gasteiger partial charge in [-0.25, -0.2) is 0 Å². The Kier molecular flexibility index (Phi) is 1.75. The molecule has 0 aliphatic heterocycles. The molecule has 0 bridgehead atoms. The van der Waals surface area contributed by atoms with E-state index in [9.17, 15) is 4.79 Å². The zero-order valence-electron chi connectivity index (χ0n) is 8.19. The summed E-state index contributed by atoms with van der Waals surface area (Å²) in [7, 11) is 0. The molecule has 1 aliphatic rings. The second-order valence-electron chi connectivity index (χ2n) is 4.13. The number of nitrogens with two attached hydrogens (primary N) is 1. The summed E-state index contributed by atoms with van der Waals surface area (Å²) < 4.78 is 1.07. The maximum Gasteiger partial charge on any atom is 0.184 e. The van der Waals surface area contributed by atoms with Crippen LogP contribution in [0.2, 0.25) is 0 Å². The molecule has 0 spiro atoms. The van der Waals surface area contributed by atoms with Crippen molar-refractivity contribution in [2.24, 2.45) is 5.73 Å². The third-order valence-electron chi connectivity index (χ3n) is 2.96. The lowest BCUT2D eigenvalue weighted by atomic mass is 10.0. The molecular weight excluding hydrogens is 206 g/mol. The summed E-state index contributed by atoms with van der Waals surface area (Å²) in [4.78, 5) is 12.1. The van der Waals surface area contributed by atoms with Crippen LogP contribution in [0.1, 0.15) is 23.2 Å². The SMILES string of the molecule is NC1(C(=O)c2cccc3ccsc23)CC1. The maximum atomic E-state index is 12.1. The molecule has 1 aromatic carbocycles. The van der Waals surface area contributed by atoms with Crippen LogP contribution in [-0.4, -0.2) is 11.3 Å². The van der Waals surface area contributed by atoms with Crippen molar-refractivity contribution in [2.75, 3.05) is 0 Å². The number of Topliss-reactive ketones (excluding diaryl/α,β-unsaturated/α-hetero) is 1. The summed E-state index contributed by atoms with van der Waals surface area (Å²) in [6.45, 7) is 0. The van der Waals surface area contributed by atoms with Crippen molar-refractivity contribution in [1.82, 2.24) is 0 Å². The molecule has 76 valence electrons. The number of hydrogen-bond acceptors (Lipinski definition) is 3. The van der Waals surface area contributed by atoms with Crippen LogP contribution in [0.25, 0.3) is 10.1 Å². The highest BCUT2D eigenvalue weighted by Crippen LogP contribution is 2.38. The van der Waals surface area contributed by atoms with Gasteiger partial charge in [-0.1, -0.05) is 12.1 Å². The van der Waals surface area contributed by atoms with Crippen molar-refractivity contribution >= 4 is 27.2 Å². The molecule has 0 amide bonds. The number of fused-ring (bicyclic) bond motifs is 1. The first-order valence-electron chi connectivity index (χ1n) is 5.01. The van der Waals surface area contributed by atoms with Gasteiger partial charge in [-0.2, -0.15) is 0 Å². The van der Waals surface area contributed by atoms with Crippen LogP contribution in [0.5, 0.6) is 0 Å². The van der Waals surface area contributed by atoms with E-state index in [0.29, 0.717) is 0 Å². The fourth-order valence-corrected chi connectivity index (χ4v) is 2.71. The topological polar surface area (TPSA) is 43.1 Å². The van der Waals surface area contributed by atoms with Crippen LogP contribution in [0, 0.1) is 0 Å². The van der Waals surface area contributed by atoms with Crippen LogP contribution >= 0.6 is 11.3 Å². The Labute approximate surface area is 91.7 Å². The molecule has 0 atom stereocenters. The quantitative estimate of drug-likeness (QED) is 0.786. The first kappa shape index (κ1) is 9.07. The molecule has 1 fully saturated rings. The molecule has 1 saturated carbocycles. The predicted molar refractivity (Wildman–Crippen MR) is 62.3 cm³/mol. The number of carbonyl (C=O) groups is 1. The number of hydrogen-bond donors (Lipinski definition) is 1. The smallest absolute Gasteiger partial charge is 0.184 e.